The molecule has 0 spiro atoms. The van der Waals surface area contributed by atoms with Crippen molar-refractivity contribution in [1.29, 1.82) is 0 Å². The molecule has 1 rings (SSSR count). The topological polar surface area (TPSA) is 47.7 Å². The van der Waals surface area contributed by atoms with Gasteiger partial charge in [0.2, 0.25) is 0 Å². The maximum Gasteiger partial charge on any atom is 0.290 e. The number of rotatable bonds is 4. The third kappa shape index (κ3) is 3.85. The van der Waals surface area contributed by atoms with E-state index in [1.165, 1.54) is 6.08 Å². The van der Waals surface area contributed by atoms with Gasteiger partial charge in [-0.05, 0) is 18.6 Å². The Hall–Kier alpha value is -1.64. The van der Waals surface area contributed by atoms with Crippen molar-refractivity contribution in [2.75, 3.05) is 6.61 Å². The third-order valence-electron chi connectivity index (χ3n) is 1.73. The maximum absolute atomic E-state index is 11.2. The molecule has 0 atom stereocenters. The van der Waals surface area contributed by atoms with Crippen LogP contribution in [0.2, 0.25) is 0 Å². The van der Waals surface area contributed by atoms with Crippen molar-refractivity contribution in [1.82, 2.24) is 0 Å². The summed E-state index contributed by atoms with van der Waals surface area (Å²) in [6, 6.07) is 6.59. The van der Waals surface area contributed by atoms with Gasteiger partial charge in [0, 0.05) is 0 Å². The van der Waals surface area contributed by atoms with Gasteiger partial charge < -0.3 is 0 Å². The minimum Gasteiger partial charge on any atom is -0.267 e. The zero-order chi connectivity index (χ0) is 12.0. The zero-order valence-corrected chi connectivity index (χ0v) is 9.57. The van der Waals surface area contributed by atoms with Crippen LogP contribution < -0.4 is 0 Å². The molecule has 0 heterocycles. The van der Waals surface area contributed by atoms with Crippen LogP contribution in [-0.2, 0) is 14.3 Å². The molecule has 0 bridgehead atoms. The summed E-state index contributed by atoms with van der Waals surface area (Å²) >= 11 is 0. The highest BCUT2D eigenvalue weighted by Crippen LogP contribution is 2.14. The molecule has 84 valence electrons. The molecular weight excluding hydrogens is 226 g/mol. The second-order valence-corrected chi connectivity index (χ2v) is 4.40. The van der Waals surface area contributed by atoms with Crippen LogP contribution in [0.3, 0.4) is 0 Å². The lowest BCUT2D eigenvalue weighted by Gasteiger charge is -1.96. The summed E-state index contributed by atoms with van der Waals surface area (Å²) in [5.41, 5.74) is 1.22. The van der Waals surface area contributed by atoms with Crippen molar-refractivity contribution in [3.63, 3.8) is 0 Å². The first-order valence-corrected chi connectivity index (χ1v) is 6.09. The highest BCUT2D eigenvalue weighted by molar-refractivity contribution is 7.89. The average molecular weight is 237 g/mol. The molecule has 5 heteroatoms. The van der Waals surface area contributed by atoms with Crippen LogP contribution in [0.4, 0.5) is 5.69 Å². The number of nitrogens with zero attached hydrogens (tertiary/aromatic N) is 1. The fourth-order valence-corrected chi connectivity index (χ4v) is 1.76. The normalized spacial score (nSPS) is 11.5. The van der Waals surface area contributed by atoms with Gasteiger partial charge in [0.05, 0.1) is 18.6 Å². The molecule has 0 saturated carbocycles. The molecule has 0 aliphatic carbocycles. The van der Waals surface area contributed by atoms with E-state index in [4.69, 9.17) is 6.57 Å². The molecule has 16 heavy (non-hydrogen) atoms. The average Bonchev–Trinajstić information content (AvgIpc) is 2.27. The van der Waals surface area contributed by atoms with Crippen LogP contribution in [0.1, 0.15) is 12.5 Å². The van der Waals surface area contributed by atoms with Crippen LogP contribution in [-0.4, -0.2) is 15.0 Å². The number of hydrogen-bond acceptors (Lipinski definition) is 3. The number of hydrogen-bond donors (Lipinski definition) is 0. The molecule has 0 fully saturated rings. The predicted molar refractivity (Wildman–Crippen MR) is 62.3 cm³/mol. The van der Waals surface area contributed by atoms with Gasteiger partial charge in [-0.25, -0.2) is 4.85 Å². The van der Waals surface area contributed by atoms with Crippen molar-refractivity contribution in [3.05, 3.63) is 46.7 Å². The summed E-state index contributed by atoms with van der Waals surface area (Å²) in [6.45, 7) is 8.48. The van der Waals surface area contributed by atoms with Gasteiger partial charge in [-0.1, -0.05) is 24.3 Å². The summed E-state index contributed by atoms with van der Waals surface area (Å²) in [5.74, 6) is 0. The Morgan fingerprint density at radius 1 is 1.38 bits per heavy atom. The first-order valence-electron chi connectivity index (χ1n) is 4.62. The summed E-state index contributed by atoms with van der Waals surface area (Å²) < 4.78 is 26.9. The molecule has 0 N–H and O–H groups in total. The number of benzene rings is 1. The molecule has 1 aromatic carbocycles. The molecule has 1 aromatic rings. The Bertz CT molecular complexity index is 509. The van der Waals surface area contributed by atoms with Crippen LogP contribution in [0.15, 0.2) is 29.7 Å². The Morgan fingerprint density at radius 2 is 2.00 bits per heavy atom. The monoisotopic (exact) mass is 237 g/mol. The summed E-state index contributed by atoms with van der Waals surface area (Å²) in [7, 11) is -3.59. The SMILES string of the molecule is [C-]#[N+]c1ccc(C=CS(=O)(=O)OCC)cc1. The molecule has 0 aliphatic heterocycles. The predicted octanol–water partition coefficient (Wildman–Crippen LogP) is 2.57. The van der Waals surface area contributed by atoms with E-state index >= 15 is 0 Å². The highest BCUT2D eigenvalue weighted by Gasteiger charge is 2.02. The van der Waals surface area contributed by atoms with E-state index in [9.17, 15) is 8.42 Å². The third-order valence-corrected chi connectivity index (χ3v) is 2.77. The molecule has 0 amide bonds. The van der Waals surface area contributed by atoms with Gasteiger partial charge in [-0.2, -0.15) is 8.42 Å². The fraction of sp³-hybridized carbons (Fsp3) is 0.182. The highest BCUT2D eigenvalue weighted by atomic mass is 32.2. The smallest absolute Gasteiger partial charge is 0.267 e. The van der Waals surface area contributed by atoms with Crippen LogP contribution >= 0.6 is 0 Å². The second-order valence-electron chi connectivity index (χ2n) is 2.91. The lowest BCUT2D eigenvalue weighted by Crippen LogP contribution is -2.00. The van der Waals surface area contributed by atoms with E-state index in [2.05, 4.69) is 9.03 Å². The fourth-order valence-electron chi connectivity index (χ4n) is 1.03. The van der Waals surface area contributed by atoms with Crippen LogP contribution in [0.25, 0.3) is 10.9 Å². The summed E-state index contributed by atoms with van der Waals surface area (Å²) in [6.07, 6.45) is 1.43. The Morgan fingerprint density at radius 3 is 2.50 bits per heavy atom. The first kappa shape index (κ1) is 12.4. The molecule has 0 aromatic heterocycles. The van der Waals surface area contributed by atoms with Crippen molar-refractivity contribution >= 4 is 21.9 Å². The van der Waals surface area contributed by atoms with Gasteiger partial charge >= 0.3 is 0 Å². The van der Waals surface area contributed by atoms with Gasteiger partial charge in [0.15, 0.2) is 5.69 Å². The van der Waals surface area contributed by atoms with Gasteiger partial charge in [-0.3, -0.25) is 4.18 Å². The van der Waals surface area contributed by atoms with Gasteiger partial charge in [0.1, 0.15) is 0 Å². The van der Waals surface area contributed by atoms with E-state index in [0.29, 0.717) is 11.3 Å². The van der Waals surface area contributed by atoms with E-state index in [1.807, 2.05) is 0 Å². The molecule has 0 unspecified atom stereocenters. The van der Waals surface area contributed by atoms with Crippen LogP contribution in [0, 0.1) is 6.57 Å². The molecule has 0 radical (unpaired) electrons. The van der Waals surface area contributed by atoms with E-state index in [1.54, 1.807) is 31.2 Å². The maximum atomic E-state index is 11.2. The van der Waals surface area contributed by atoms with Crippen molar-refractivity contribution in [2.24, 2.45) is 0 Å². The Labute approximate surface area is 95.1 Å². The van der Waals surface area contributed by atoms with Crippen molar-refractivity contribution in [2.45, 2.75) is 6.92 Å². The minimum absolute atomic E-state index is 0.114. The molecule has 4 nitrogen and oxygen atoms in total. The Balaban J connectivity index is 2.81. The Kier molecular flexibility index (Phi) is 4.23. The molecule has 0 saturated heterocycles. The molecule has 0 aliphatic rings. The van der Waals surface area contributed by atoms with Crippen LogP contribution in [0.5, 0.6) is 0 Å². The van der Waals surface area contributed by atoms with Crippen molar-refractivity contribution in [3.8, 4) is 0 Å². The minimum atomic E-state index is -3.59. The van der Waals surface area contributed by atoms with Gasteiger partial charge in [0.25, 0.3) is 10.1 Å². The lowest BCUT2D eigenvalue weighted by atomic mass is 10.2. The second kappa shape index (κ2) is 5.45. The van der Waals surface area contributed by atoms with Gasteiger partial charge in [-0.15, -0.1) is 0 Å². The summed E-state index contributed by atoms with van der Waals surface area (Å²) in [4.78, 5) is 3.23. The van der Waals surface area contributed by atoms with E-state index < -0.39 is 10.1 Å². The standard InChI is InChI=1S/C11H11NO3S/c1-3-15-16(13,14)9-8-10-4-6-11(12-2)7-5-10/h4-9H,3H2,1H3. The first-order chi connectivity index (χ1) is 7.57. The largest absolute Gasteiger partial charge is 0.290 e. The van der Waals surface area contributed by atoms with Crippen molar-refractivity contribution < 1.29 is 12.6 Å². The quantitative estimate of drug-likeness (QED) is 0.597. The van der Waals surface area contributed by atoms with E-state index in [-0.39, 0.29) is 6.61 Å². The summed E-state index contributed by atoms with van der Waals surface area (Å²) in [5, 5.41) is 1.00. The zero-order valence-electron chi connectivity index (χ0n) is 8.75. The van der Waals surface area contributed by atoms with E-state index in [0.717, 1.165) is 5.41 Å². The lowest BCUT2D eigenvalue weighted by molar-refractivity contribution is 0.345. The molecular formula is C11H11NO3S.